The van der Waals surface area contributed by atoms with Crippen LogP contribution in [0.2, 0.25) is 0 Å². The zero-order chi connectivity index (χ0) is 21.5. The number of anilines is 1. The molecule has 4 aromatic rings. The highest BCUT2D eigenvalue weighted by Crippen LogP contribution is 2.41. The van der Waals surface area contributed by atoms with Gasteiger partial charge in [-0.15, -0.1) is 11.3 Å². The third-order valence-electron chi connectivity index (χ3n) is 4.31. The molecule has 1 heterocycles. The van der Waals surface area contributed by atoms with Crippen molar-refractivity contribution in [2.24, 2.45) is 0 Å². The number of halogens is 3. The van der Waals surface area contributed by atoms with Crippen molar-refractivity contribution in [2.75, 3.05) is 5.32 Å². The van der Waals surface area contributed by atoms with Gasteiger partial charge < -0.3 is 15.5 Å². The number of hydrogen-bond donors (Lipinski definition) is 3. The summed E-state index contributed by atoms with van der Waals surface area (Å²) in [5, 5.41) is 21.4. The molecule has 0 atom stereocenters. The Morgan fingerprint density at radius 2 is 1.63 bits per heavy atom. The number of amides is 1. The summed E-state index contributed by atoms with van der Waals surface area (Å²) in [4.78, 5) is 16.5. The highest BCUT2D eigenvalue weighted by atomic mass is 32.1. The molecule has 0 fully saturated rings. The Morgan fingerprint density at radius 1 is 0.933 bits per heavy atom. The highest BCUT2D eigenvalue weighted by Gasteiger charge is 2.35. The van der Waals surface area contributed by atoms with Crippen LogP contribution in [0.25, 0.3) is 20.8 Å². The summed E-state index contributed by atoms with van der Waals surface area (Å²) in [5.74, 6) is -0.633. The number of hydrogen-bond acceptors (Lipinski definition) is 5. The van der Waals surface area contributed by atoms with E-state index in [4.69, 9.17) is 0 Å². The Bertz CT molecular complexity index is 1250. The summed E-state index contributed by atoms with van der Waals surface area (Å²) in [5.41, 5.74) is -0.412. The fraction of sp³-hybridized carbons (Fsp3) is 0.0476. The minimum atomic E-state index is -4.67. The van der Waals surface area contributed by atoms with E-state index in [9.17, 15) is 28.2 Å². The lowest BCUT2D eigenvalue weighted by atomic mass is 10.1. The first-order valence-electron chi connectivity index (χ1n) is 8.62. The first-order chi connectivity index (χ1) is 14.2. The van der Waals surface area contributed by atoms with Crippen LogP contribution in [0.1, 0.15) is 15.9 Å². The molecule has 152 valence electrons. The number of rotatable bonds is 3. The second-order valence-corrected chi connectivity index (χ2v) is 7.46. The second kappa shape index (κ2) is 7.34. The quantitative estimate of drug-likeness (QED) is 0.393. The third-order valence-corrected chi connectivity index (χ3v) is 5.37. The van der Waals surface area contributed by atoms with Gasteiger partial charge in [0.1, 0.15) is 16.5 Å². The predicted octanol–water partition coefficient (Wildman–Crippen LogP) is 5.65. The molecule has 9 heteroatoms. The number of benzene rings is 3. The number of aromatic hydroxyl groups is 2. The van der Waals surface area contributed by atoms with E-state index in [2.05, 4.69) is 10.3 Å². The van der Waals surface area contributed by atoms with E-state index in [1.165, 1.54) is 54.6 Å². The monoisotopic (exact) mass is 430 g/mol. The van der Waals surface area contributed by atoms with Crippen LogP contribution in [0.5, 0.6) is 11.5 Å². The van der Waals surface area contributed by atoms with Gasteiger partial charge in [0.05, 0.1) is 15.8 Å². The number of alkyl halides is 3. The first kappa shape index (κ1) is 19.7. The summed E-state index contributed by atoms with van der Waals surface area (Å²) in [6.45, 7) is 0. The van der Waals surface area contributed by atoms with Crippen LogP contribution in [-0.2, 0) is 6.18 Å². The molecule has 0 aliphatic rings. The van der Waals surface area contributed by atoms with Crippen molar-refractivity contribution < 1.29 is 28.2 Å². The van der Waals surface area contributed by atoms with Crippen LogP contribution in [0.15, 0.2) is 60.7 Å². The lowest BCUT2D eigenvalue weighted by Gasteiger charge is -2.14. The molecule has 0 aliphatic heterocycles. The standard InChI is InChI=1S/C21H13F3N2O3S/c22-21(23,24)16-9-12(25-19(29)11-1-4-13(27)5-2-11)3-7-15(16)20-26-17-8-6-14(28)10-18(17)30-20/h1-10,27-28H,(H,25,29). The molecular formula is C21H13F3N2O3S. The maximum Gasteiger partial charge on any atom is 0.417 e. The summed E-state index contributed by atoms with van der Waals surface area (Å²) < 4.78 is 41.8. The van der Waals surface area contributed by atoms with Gasteiger partial charge in [-0.1, -0.05) is 0 Å². The fourth-order valence-electron chi connectivity index (χ4n) is 2.89. The molecule has 5 nitrogen and oxygen atoms in total. The van der Waals surface area contributed by atoms with Crippen LogP contribution in [0, 0.1) is 0 Å². The Balaban J connectivity index is 1.71. The molecule has 0 saturated carbocycles. The van der Waals surface area contributed by atoms with Gasteiger partial charge in [0.25, 0.3) is 5.91 Å². The molecule has 30 heavy (non-hydrogen) atoms. The molecule has 1 amide bonds. The fourth-order valence-corrected chi connectivity index (χ4v) is 3.93. The number of phenols is 2. The van der Waals surface area contributed by atoms with Crippen molar-refractivity contribution in [2.45, 2.75) is 6.18 Å². The zero-order valence-electron chi connectivity index (χ0n) is 15.1. The van der Waals surface area contributed by atoms with E-state index in [-0.39, 0.29) is 33.3 Å². The van der Waals surface area contributed by atoms with E-state index in [1.54, 1.807) is 0 Å². The summed E-state index contributed by atoms with van der Waals surface area (Å²) in [6.07, 6.45) is -4.67. The average molecular weight is 430 g/mol. The summed E-state index contributed by atoms with van der Waals surface area (Å²) >= 11 is 1.03. The number of carbonyl (C=O) groups excluding carboxylic acids is 1. The van der Waals surface area contributed by atoms with E-state index >= 15 is 0 Å². The van der Waals surface area contributed by atoms with Gasteiger partial charge >= 0.3 is 6.18 Å². The van der Waals surface area contributed by atoms with E-state index in [0.29, 0.717) is 10.2 Å². The van der Waals surface area contributed by atoms with Crippen molar-refractivity contribution in [3.8, 4) is 22.1 Å². The molecule has 4 rings (SSSR count). The zero-order valence-corrected chi connectivity index (χ0v) is 15.9. The minimum absolute atomic E-state index is 0.000959. The van der Waals surface area contributed by atoms with Crippen molar-refractivity contribution >= 4 is 33.1 Å². The van der Waals surface area contributed by atoms with Crippen molar-refractivity contribution in [1.82, 2.24) is 4.98 Å². The molecule has 0 bridgehead atoms. The SMILES string of the molecule is O=C(Nc1ccc(-c2nc3ccc(O)cc3s2)c(C(F)(F)F)c1)c1ccc(O)cc1. The van der Waals surface area contributed by atoms with E-state index < -0.39 is 17.6 Å². The van der Waals surface area contributed by atoms with Crippen LogP contribution in [0.4, 0.5) is 18.9 Å². The summed E-state index contributed by atoms with van der Waals surface area (Å²) in [7, 11) is 0. The third kappa shape index (κ3) is 3.92. The second-order valence-electron chi connectivity index (χ2n) is 6.43. The van der Waals surface area contributed by atoms with Crippen molar-refractivity contribution in [1.29, 1.82) is 0 Å². The van der Waals surface area contributed by atoms with Gasteiger partial charge in [-0.25, -0.2) is 4.98 Å². The van der Waals surface area contributed by atoms with Gasteiger partial charge in [-0.2, -0.15) is 13.2 Å². The van der Waals surface area contributed by atoms with Gasteiger partial charge in [0.2, 0.25) is 0 Å². The minimum Gasteiger partial charge on any atom is -0.508 e. The Morgan fingerprint density at radius 3 is 2.33 bits per heavy atom. The number of nitrogens with zero attached hydrogens (tertiary/aromatic N) is 1. The number of nitrogens with one attached hydrogen (secondary N) is 1. The smallest absolute Gasteiger partial charge is 0.417 e. The number of carbonyl (C=O) groups is 1. The molecule has 0 radical (unpaired) electrons. The molecule has 3 N–H and O–H groups in total. The maximum absolute atomic E-state index is 13.7. The van der Waals surface area contributed by atoms with Crippen LogP contribution in [0.3, 0.4) is 0 Å². The highest BCUT2D eigenvalue weighted by molar-refractivity contribution is 7.21. The molecule has 0 spiro atoms. The first-order valence-corrected chi connectivity index (χ1v) is 9.44. The molecule has 1 aromatic heterocycles. The van der Waals surface area contributed by atoms with E-state index in [0.717, 1.165) is 17.4 Å². The van der Waals surface area contributed by atoms with Gasteiger partial charge in [-0.05, 0) is 60.7 Å². The van der Waals surface area contributed by atoms with Gasteiger partial charge in [0, 0.05) is 16.8 Å². The predicted molar refractivity (Wildman–Crippen MR) is 108 cm³/mol. The van der Waals surface area contributed by atoms with Crippen LogP contribution in [-0.4, -0.2) is 21.1 Å². The van der Waals surface area contributed by atoms with Crippen molar-refractivity contribution in [3.63, 3.8) is 0 Å². The number of phenolic OH excluding ortho intramolecular Hbond substituents is 2. The van der Waals surface area contributed by atoms with Gasteiger partial charge in [0.15, 0.2) is 0 Å². The molecule has 0 aliphatic carbocycles. The van der Waals surface area contributed by atoms with Gasteiger partial charge in [-0.3, -0.25) is 4.79 Å². The average Bonchev–Trinajstić information content (AvgIpc) is 3.10. The van der Waals surface area contributed by atoms with Crippen molar-refractivity contribution in [3.05, 3.63) is 71.8 Å². The van der Waals surface area contributed by atoms with Crippen LogP contribution >= 0.6 is 11.3 Å². The topological polar surface area (TPSA) is 82.5 Å². The number of fused-ring (bicyclic) bond motifs is 1. The van der Waals surface area contributed by atoms with Crippen LogP contribution < -0.4 is 5.32 Å². The number of aromatic nitrogens is 1. The molecule has 0 unspecified atom stereocenters. The molecule has 3 aromatic carbocycles. The van der Waals surface area contributed by atoms with E-state index in [1.807, 2.05) is 0 Å². The lowest BCUT2D eigenvalue weighted by Crippen LogP contribution is -2.13. The Kier molecular flexibility index (Phi) is 4.83. The lowest BCUT2D eigenvalue weighted by molar-refractivity contribution is -0.137. The molecule has 0 saturated heterocycles. The Labute approximate surface area is 172 Å². The largest absolute Gasteiger partial charge is 0.508 e. The summed E-state index contributed by atoms with van der Waals surface area (Å²) in [6, 6.07) is 13.2. The number of thiazole rings is 1. The Hall–Kier alpha value is -3.59. The maximum atomic E-state index is 13.7. The normalized spacial score (nSPS) is 11.6. The molecular weight excluding hydrogens is 417 g/mol.